The van der Waals surface area contributed by atoms with Crippen LogP contribution in [0.25, 0.3) is 11.1 Å². The van der Waals surface area contributed by atoms with Gasteiger partial charge in [0.15, 0.2) is 0 Å². The summed E-state index contributed by atoms with van der Waals surface area (Å²) in [4.78, 5) is 6.59. The molecule has 2 heterocycles. The molecule has 0 aliphatic carbocycles. The third-order valence-corrected chi connectivity index (χ3v) is 3.42. The van der Waals surface area contributed by atoms with Crippen molar-refractivity contribution in [2.75, 3.05) is 31.1 Å². The molecule has 1 aliphatic rings. The highest BCUT2D eigenvalue weighted by Gasteiger charge is 2.13. The van der Waals surface area contributed by atoms with E-state index in [1.807, 2.05) is 30.5 Å². The van der Waals surface area contributed by atoms with E-state index in [2.05, 4.69) is 28.1 Å². The van der Waals surface area contributed by atoms with E-state index in [-0.39, 0.29) is 0 Å². The first-order chi connectivity index (χ1) is 9.33. The summed E-state index contributed by atoms with van der Waals surface area (Å²) in [5.41, 5.74) is 2.35. The van der Waals surface area contributed by atoms with Crippen molar-refractivity contribution in [2.45, 2.75) is 0 Å². The van der Waals surface area contributed by atoms with Gasteiger partial charge in [-0.05, 0) is 23.3 Å². The van der Waals surface area contributed by atoms with Crippen molar-refractivity contribution in [1.82, 2.24) is 10.0 Å². The van der Waals surface area contributed by atoms with Gasteiger partial charge in [0.25, 0.3) is 0 Å². The van der Waals surface area contributed by atoms with E-state index in [0.29, 0.717) is 13.1 Å². The lowest BCUT2D eigenvalue weighted by atomic mass is 10.1. The normalized spacial score (nSPS) is 16.6. The summed E-state index contributed by atoms with van der Waals surface area (Å²) in [5.74, 6) is 0.953. The number of anilines is 1. The Labute approximate surface area is 112 Å². The average Bonchev–Trinajstić information content (AvgIpc) is 2.49. The Morgan fingerprint density at radius 3 is 2.37 bits per heavy atom. The van der Waals surface area contributed by atoms with Crippen LogP contribution in [0.2, 0.25) is 0 Å². The molecule has 1 aromatic carbocycles. The fourth-order valence-electron chi connectivity index (χ4n) is 2.32. The molecule has 1 aromatic heterocycles. The molecule has 0 N–H and O–H groups in total. The van der Waals surface area contributed by atoms with Gasteiger partial charge in [-0.2, -0.15) is 0 Å². The first kappa shape index (κ1) is 12.1. The molecule has 19 heavy (non-hydrogen) atoms. The van der Waals surface area contributed by atoms with Gasteiger partial charge in [0.1, 0.15) is 5.82 Å². The Kier molecular flexibility index (Phi) is 3.44. The monoisotopic (exact) mass is 254 g/mol. The molecule has 4 nitrogen and oxygen atoms in total. The van der Waals surface area contributed by atoms with E-state index in [0.717, 1.165) is 29.5 Å². The zero-order chi connectivity index (χ0) is 13.1. The first-order valence-corrected chi connectivity index (χ1v) is 6.51. The number of hydrogen-bond donors (Lipinski definition) is 0. The molecule has 0 unspecified atom stereocenters. The predicted molar refractivity (Wildman–Crippen MR) is 76.8 cm³/mol. The Balaban J connectivity index is 1.84. The second-order valence-electron chi connectivity index (χ2n) is 4.68. The van der Waals surface area contributed by atoms with Crippen LogP contribution in [0.15, 0.2) is 48.7 Å². The van der Waals surface area contributed by atoms with E-state index in [1.54, 1.807) is 0 Å². The number of aromatic nitrogens is 1. The molecule has 3 rings (SSSR count). The number of pyridine rings is 1. The van der Waals surface area contributed by atoms with Gasteiger partial charge in [0.05, 0.1) is 0 Å². The molecule has 2 aromatic rings. The molecule has 0 bridgehead atoms. The molecule has 1 fully saturated rings. The SMILES string of the molecule is [O-]N1CCN(c2cc(-c3ccccc3)ccn2)CC1. The second-order valence-corrected chi connectivity index (χ2v) is 4.68. The molecule has 98 valence electrons. The first-order valence-electron chi connectivity index (χ1n) is 6.51. The van der Waals surface area contributed by atoms with E-state index in [1.165, 1.54) is 5.56 Å². The van der Waals surface area contributed by atoms with Crippen LogP contribution in [0.3, 0.4) is 0 Å². The van der Waals surface area contributed by atoms with E-state index >= 15 is 0 Å². The fraction of sp³-hybridized carbons (Fsp3) is 0.267. The number of benzene rings is 1. The summed E-state index contributed by atoms with van der Waals surface area (Å²) >= 11 is 0. The molecule has 0 spiro atoms. The van der Waals surface area contributed by atoms with Gasteiger partial charge in [-0.3, -0.25) is 0 Å². The van der Waals surface area contributed by atoms with E-state index in [9.17, 15) is 5.21 Å². The van der Waals surface area contributed by atoms with Gasteiger partial charge in [0.2, 0.25) is 0 Å². The van der Waals surface area contributed by atoms with Gasteiger partial charge in [0, 0.05) is 32.4 Å². The molecule has 0 atom stereocenters. The molecular weight excluding hydrogens is 238 g/mol. The molecular formula is C15H16N3O-. The summed E-state index contributed by atoms with van der Waals surface area (Å²) in [5, 5.41) is 12.3. The fourth-order valence-corrected chi connectivity index (χ4v) is 2.32. The zero-order valence-corrected chi connectivity index (χ0v) is 10.7. The van der Waals surface area contributed by atoms with Crippen LogP contribution in [0.4, 0.5) is 5.82 Å². The molecule has 0 amide bonds. The number of nitrogens with zero attached hydrogens (tertiary/aromatic N) is 3. The highest BCUT2D eigenvalue weighted by atomic mass is 16.5. The van der Waals surface area contributed by atoms with Crippen molar-refractivity contribution in [1.29, 1.82) is 0 Å². The van der Waals surface area contributed by atoms with Crippen molar-refractivity contribution < 1.29 is 0 Å². The van der Waals surface area contributed by atoms with Crippen LogP contribution in [-0.4, -0.2) is 36.2 Å². The second kappa shape index (κ2) is 5.38. The third-order valence-electron chi connectivity index (χ3n) is 3.42. The Morgan fingerprint density at radius 2 is 1.63 bits per heavy atom. The van der Waals surface area contributed by atoms with Crippen molar-refractivity contribution in [2.24, 2.45) is 0 Å². The Hall–Kier alpha value is -1.91. The maximum Gasteiger partial charge on any atom is 0.129 e. The summed E-state index contributed by atoms with van der Waals surface area (Å²) in [7, 11) is 0. The van der Waals surface area contributed by atoms with Crippen molar-refractivity contribution in [3.05, 3.63) is 53.9 Å². The highest BCUT2D eigenvalue weighted by molar-refractivity contribution is 5.66. The summed E-state index contributed by atoms with van der Waals surface area (Å²) in [6, 6.07) is 14.4. The lowest BCUT2D eigenvalue weighted by Gasteiger charge is -2.39. The summed E-state index contributed by atoms with van der Waals surface area (Å²) < 4.78 is 0. The smallest absolute Gasteiger partial charge is 0.129 e. The lowest BCUT2D eigenvalue weighted by molar-refractivity contribution is 0.349. The van der Waals surface area contributed by atoms with Crippen LogP contribution < -0.4 is 4.90 Å². The summed E-state index contributed by atoms with van der Waals surface area (Å²) in [6.07, 6.45) is 1.83. The topological polar surface area (TPSA) is 42.4 Å². The number of hydroxylamine groups is 2. The maximum absolute atomic E-state index is 11.2. The highest BCUT2D eigenvalue weighted by Crippen LogP contribution is 2.23. The van der Waals surface area contributed by atoms with Gasteiger partial charge < -0.3 is 15.2 Å². The number of rotatable bonds is 2. The maximum atomic E-state index is 11.2. The minimum absolute atomic E-state index is 0.553. The molecule has 0 radical (unpaired) electrons. The van der Waals surface area contributed by atoms with Crippen LogP contribution in [-0.2, 0) is 0 Å². The van der Waals surface area contributed by atoms with Crippen LogP contribution in [0, 0.1) is 5.21 Å². The van der Waals surface area contributed by atoms with Crippen LogP contribution in [0.1, 0.15) is 0 Å². The van der Waals surface area contributed by atoms with E-state index < -0.39 is 0 Å². The van der Waals surface area contributed by atoms with Gasteiger partial charge in [-0.15, -0.1) is 0 Å². The standard InChI is InChI=1S/C15H16N3O/c19-18-10-8-17(9-11-18)15-12-14(6-7-16-15)13-4-2-1-3-5-13/h1-7,12H,8-11H2/q-1. The Bertz CT molecular complexity index is 536. The van der Waals surface area contributed by atoms with Crippen molar-refractivity contribution in [3.63, 3.8) is 0 Å². The number of hydrogen-bond acceptors (Lipinski definition) is 4. The molecule has 1 aliphatic heterocycles. The van der Waals surface area contributed by atoms with Crippen LogP contribution >= 0.6 is 0 Å². The number of piperazine rings is 1. The van der Waals surface area contributed by atoms with Crippen molar-refractivity contribution in [3.8, 4) is 11.1 Å². The molecule has 4 heteroatoms. The lowest BCUT2D eigenvalue weighted by Crippen LogP contribution is -2.44. The van der Waals surface area contributed by atoms with Crippen molar-refractivity contribution >= 4 is 5.82 Å². The molecule has 1 saturated heterocycles. The molecule has 0 saturated carbocycles. The summed E-state index contributed by atoms with van der Waals surface area (Å²) in [6.45, 7) is 2.60. The minimum atomic E-state index is 0.553. The Morgan fingerprint density at radius 1 is 0.895 bits per heavy atom. The van der Waals surface area contributed by atoms with E-state index in [4.69, 9.17) is 0 Å². The zero-order valence-electron chi connectivity index (χ0n) is 10.7. The third kappa shape index (κ3) is 2.75. The predicted octanol–water partition coefficient (Wildman–Crippen LogP) is 2.37. The van der Waals surface area contributed by atoms with Gasteiger partial charge in [-0.1, -0.05) is 30.3 Å². The minimum Gasteiger partial charge on any atom is -0.785 e. The largest absolute Gasteiger partial charge is 0.785 e. The quantitative estimate of drug-likeness (QED) is 0.825. The van der Waals surface area contributed by atoms with Gasteiger partial charge >= 0.3 is 0 Å². The van der Waals surface area contributed by atoms with Gasteiger partial charge in [-0.25, -0.2) is 4.98 Å². The van der Waals surface area contributed by atoms with Crippen LogP contribution in [0.5, 0.6) is 0 Å². The average molecular weight is 254 g/mol.